The normalized spacial score (nSPS) is 30.0. The van der Waals surface area contributed by atoms with Crippen molar-refractivity contribution in [1.29, 1.82) is 0 Å². The Morgan fingerprint density at radius 2 is 1.87 bits per heavy atom. The van der Waals surface area contributed by atoms with Crippen LogP contribution < -0.4 is 0 Å². The highest BCUT2D eigenvalue weighted by Gasteiger charge is 2.57. The Morgan fingerprint density at radius 1 is 1.20 bits per heavy atom. The number of nitrogens with zero attached hydrogens (tertiary/aromatic N) is 2. The summed E-state index contributed by atoms with van der Waals surface area (Å²) < 4.78 is 64.5. The van der Waals surface area contributed by atoms with E-state index in [1.54, 1.807) is 31.1 Å². The third-order valence-electron chi connectivity index (χ3n) is 4.91. The highest BCUT2D eigenvalue weighted by atomic mass is 32.2. The van der Waals surface area contributed by atoms with Crippen molar-refractivity contribution in [3.63, 3.8) is 0 Å². The van der Waals surface area contributed by atoms with Gasteiger partial charge in [-0.05, 0) is 30.5 Å². The lowest BCUT2D eigenvalue weighted by atomic mass is 9.94. The first kappa shape index (κ1) is 23.3. The largest absolute Gasteiger partial charge is 0.417 e. The van der Waals surface area contributed by atoms with Crippen LogP contribution in [0.2, 0.25) is 0 Å². The number of halogens is 4. The number of aliphatic hydroxyl groups is 2. The lowest BCUT2D eigenvalue weighted by Crippen LogP contribution is -2.61. The van der Waals surface area contributed by atoms with Gasteiger partial charge in [-0.15, -0.1) is 0 Å². The SMILES string of the molecule is CN(C)C1=N[C@@H]2[C@@H](O)[C@H](O)C([C@H](OCCCc3ccc(F)cc3)C(F)(F)F)O[C@@H]2S1. The predicted molar refractivity (Wildman–Crippen MR) is 104 cm³/mol. The zero-order valence-corrected chi connectivity index (χ0v) is 17.2. The molecule has 0 radical (unpaired) electrons. The van der Waals surface area contributed by atoms with Gasteiger partial charge in [0.2, 0.25) is 0 Å². The second-order valence-corrected chi connectivity index (χ2v) is 8.49. The number of thioether (sulfide) groups is 1. The number of rotatable bonds is 6. The van der Waals surface area contributed by atoms with Crippen LogP contribution in [0.4, 0.5) is 17.6 Å². The molecule has 0 aromatic heterocycles. The van der Waals surface area contributed by atoms with Crippen LogP contribution in [0.3, 0.4) is 0 Å². The lowest BCUT2D eigenvalue weighted by molar-refractivity contribution is -0.284. The number of aryl methyl sites for hydroxylation is 1. The Labute approximate surface area is 175 Å². The summed E-state index contributed by atoms with van der Waals surface area (Å²) in [7, 11) is 3.43. The molecule has 0 spiro atoms. The minimum atomic E-state index is -4.80. The van der Waals surface area contributed by atoms with Gasteiger partial charge in [-0.1, -0.05) is 23.9 Å². The van der Waals surface area contributed by atoms with Gasteiger partial charge in [-0.25, -0.2) is 4.39 Å². The number of alkyl halides is 3. The molecule has 30 heavy (non-hydrogen) atoms. The van der Waals surface area contributed by atoms with Gasteiger partial charge in [-0.2, -0.15) is 13.2 Å². The maximum atomic E-state index is 13.7. The molecule has 0 saturated carbocycles. The van der Waals surface area contributed by atoms with Gasteiger partial charge in [0, 0.05) is 20.7 Å². The zero-order chi connectivity index (χ0) is 22.1. The number of hydrogen-bond acceptors (Lipinski definition) is 7. The second kappa shape index (κ2) is 9.39. The number of aliphatic hydroxyl groups excluding tert-OH is 2. The van der Waals surface area contributed by atoms with E-state index in [9.17, 15) is 27.8 Å². The Morgan fingerprint density at radius 3 is 2.47 bits per heavy atom. The molecule has 0 bridgehead atoms. The summed E-state index contributed by atoms with van der Waals surface area (Å²) in [5.41, 5.74) is -0.0787. The third-order valence-corrected chi connectivity index (χ3v) is 6.22. The molecule has 2 N–H and O–H groups in total. The Hall–Kier alpha value is -1.40. The molecule has 3 rings (SSSR count). The van der Waals surface area contributed by atoms with Gasteiger partial charge in [-0.3, -0.25) is 4.99 Å². The zero-order valence-electron chi connectivity index (χ0n) is 16.4. The molecule has 2 aliphatic heterocycles. The third kappa shape index (κ3) is 5.25. The van der Waals surface area contributed by atoms with Gasteiger partial charge < -0.3 is 24.6 Å². The van der Waals surface area contributed by atoms with E-state index >= 15 is 0 Å². The Kier molecular flexibility index (Phi) is 7.28. The standard InChI is InChI=1S/C19H24F4N2O4S/c1-25(2)18-24-12-13(26)14(27)15(29-17(12)30-18)16(19(21,22)23)28-9-3-4-10-5-7-11(20)8-6-10/h5-8,12-17,26-27H,3-4,9H2,1-2H3/t12-,13-,14+,15?,16+,17-/m1/s1. The molecular weight excluding hydrogens is 428 g/mol. The van der Waals surface area contributed by atoms with Gasteiger partial charge in [0.15, 0.2) is 11.3 Å². The molecule has 0 aliphatic carbocycles. The van der Waals surface area contributed by atoms with Crippen molar-refractivity contribution < 1.29 is 37.2 Å². The van der Waals surface area contributed by atoms with Gasteiger partial charge in [0.1, 0.15) is 35.6 Å². The number of benzene rings is 1. The molecule has 168 valence electrons. The van der Waals surface area contributed by atoms with E-state index in [1.807, 2.05) is 0 Å². The fourth-order valence-electron chi connectivity index (χ4n) is 3.35. The molecule has 1 aromatic carbocycles. The molecule has 1 unspecified atom stereocenters. The second-order valence-electron chi connectivity index (χ2n) is 7.43. The molecule has 2 heterocycles. The summed E-state index contributed by atoms with van der Waals surface area (Å²) in [6, 6.07) is 4.82. The molecule has 2 aliphatic rings. The average Bonchev–Trinajstić information content (AvgIpc) is 3.10. The summed E-state index contributed by atoms with van der Waals surface area (Å²) in [4.78, 5) is 5.89. The first-order valence-electron chi connectivity index (χ1n) is 9.44. The summed E-state index contributed by atoms with van der Waals surface area (Å²) in [6.07, 6.45) is -11.6. The highest BCUT2D eigenvalue weighted by molar-refractivity contribution is 8.14. The maximum Gasteiger partial charge on any atom is 0.417 e. The first-order valence-corrected chi connectivity index (χ1v) is 10.3. The van der Waals surface area contributed by atoms with Crippen molar-refractivity contribution in [3.05, 3.63) is 35.6 Å². The first-order chi connectivity index (χ1) is 14.1. The van der Waals surface area contributed by atoms with Crippen LogP contribution in [-0.4, -0.2) is 83.1 Å². The quantitative estimate of drug-likeness (QED) is 0.509. The van der Waals surface area contributed by atoms with Crippen LogP contribution in [0, 0.1) is 5.82 Å². The number of ether oxygens (including phenoxy) is 2. The maximum absolute atomic E-state index is 13.7. The molecule has 1 saturated heterocycles. The van der Waals surface area contributed by atoms with Gasteiger partial charge in [0.25, 0.3) is 0 Å². The van der Waals surface area contributed by atoms with Crippen LogP contribution in [0.1, 0.15) is 12.0 Å². The van der Waals surface area contributed by atoms with E-state index in [-0.39, 0.29) is 13.0 Å². The summed E-state index contributed by atoms with van der Waals surface area (Å²) in [5.74, 6) is -0.390. The van der Waals surface area contributed by atoms with Crippen LogP contribution >= 0.6 is 11.8 Å². The van der Waals surface area contributed by atoms with Crippen molar-refractivity contribution in [2.45, 2.75) is 54.9 Å². The number of hydrogen-bond donors (Lipinski definition) is 2. The van der Waals surface area contributed by atoms with E-state index in [0.717, 1.165) is 17.3 Å². The monoisotopic (exact) mass is 452 g/mol. The van der Waals surface area contributed by atoms with Crippen molar-refractivity contribution in [2.24, 2.45) is 4.99 Å². The van der Waals surface area contributed by atoms with Gasteiger partial charge >= 0.3 is 6.18 Å². The summed E-state index contributed by atoms with van der Waals surface area (Å²) in [5, 5.41) is 21.2. The minimum Gasteiger partial charge on any atom is -0.388 e. The summed E-state index contributed by atoms with van der Waals surface area (Å²) in [6.45, 7) is -0.245. The number of amidine groups is 1. The highest BCUT2D eigenvalue weighted by Crippen LogP contribution is 2.40. The molecule has 6 atom stereocenters. The molecular formula is C19H24F4N2O4S. The summed E-state index contributed by atoms with van der Waals surface area (Å²) >= 11 is 1.10. The Bertz CT molecular complexity index is 747. The van der Waals surface area contributed by atoms with Crippen LogP contribution in [0.15, 0.2) is 29.3 Å². The van der Waals surface area contributed by atoms with Crippen molar-refractivity contribution in [3.8, 4) is 0 Å². The van der Waals surface area contributed by atoms with Crippen molar-refractivity contribution in [2.75, 3.05) is 20.7 Å². The fraction of sp³-hybridized carbons (Fsp3) is 0.632. The number of fused-ring (bicyclic) bond motifs is 1. The van der Waals surface area contributed by atoms with Crippen molar-refractivity contribution >= 4 is 16.9 Å². The van der Waals surface area contributed by atoms with Crippen LogP contribution in [-0.2, 0) is 15.9 Å². The predicted octanol–water partition coefficient (Wildman–Crippen LogP) is 2.19. The van der Waals surface area contributed by atoms with Crippen LogP contribution in [0.25, 0.3) is 0 Å². The van der Waals surface area contributed by atoms with Crippen LogP contribution in [0.5, 0.6) is 0 Å². The lowest BCUT2D eigenvalue weighted by Gasteiger charge is -2.41. The van der Waals surface area contributed by atoms with E-state index in [1.165, 1.54) is 12.1 Å². The van der Waals surface area contributed by atoms with Gasteiger partial charge in [0.05, 0.1) is 0 Å². The topological polar surface area (TPSA) is 74.5 Å². The van der Waals surface area contributed by atoms with E-state index < -0.39 is 47.9 Å². The molecule has 0 amide bonds. The molecule has 1 fully saturated rings. The van der Waals surface area contributed by atoms with E-state index in [2.05, 4.69) is 4.99 Å². The minimum absolute atomic E-state index is 0.245. The van der Waals surface area contributed by atoms with Crippen molar-refractivity contribution in [1.82, 2.24) is 4.90 Å². The molecule has 1 aromatic rings. The smallest absolute Gasteiger partial charge is 0.388 e. The molecule has 11 heteroatoms. The average molecular weight is 452 g/mol. The van der Waals surface area contributed by atoms with E-state index in [4.69, 9.17) is 9.47 Å². The fourth-order valence-corrected chi connectivity index (χ4v) is 4.50. The van der Waals surface area contributed by atoms with E-state index in [0.29, 0.717) is 11.6 Å². The number of aliphatic imine (C=N–C) groups is 1. The Balaban J connectivity index is 1.63. The molecule has 6 nitrogen and oxygen atoms in total.